The molecule has 0 saturated carbocycles. The molecule has 0 amide bonds. The lowest BCUT2D eigenvalue weighted by atomic mass is 10.3. The number of sulfonamides is 1. The van der Waals surface area contributed by atoms with Crippen LogP contribution in [0.15, 0.2) is 15.6 Å². The Kier molecular flexibility index (Phi) is 3.57. The molecule has 0 fully saturated rings. The summed E-state index contributed by atoms with van der Waals surface area (Å²) in [5.41, 5.74) is -1.17. The van der Waals surface area contributed by atoms with Crippen LogP contribution in [-0.2, 0) is 10.0 Å². The van der Waals surface area contributed by atoms with Gasteiger partial charge < -0.3 is 0 Å². The molecule has 0 aliphatic heterocycles. The summed E-state index contributed by atoms with van der Waals surface area (Å²) in [6.07, 6.45) is -3.10. The van der Waals surface area contributed by atoms with Crippen molar-refractivity contribution < 1.29 is 17.2 Å². The Bertz CT molecular complexity index is 568. The maximum absolute atomic E-state index is 12.5. The molecule has 0 aliphatic rings. The average molecular weight is 312 g/mol. The maximum atomic E-state index is 12.5. The van der Waals surface area contributed by atoms with Gasteiger partial charge in [-0.3, -0.25) is 0 Å². The minimum atomic E-state index is -4.34. The van der Waals surface area contributed by atoms with Crippen LogP contribution in [0, 0.1) is 11.3 Å². The zero-order valence-electron chi connectivity index (χ0n) is 7.49. The van der Waals surface area contributed by atoms with E-state index in [-0.39, 0.29) is 10.2 Å². The van der Waals surface area contributed by atoms with Gasteiger partial charge in [-0.25, -0.2) is 27.3 Å². The first-order valence-electron chi connectivity index (χ1n) is 3.69. The van der Waals surface area contributed by atoms with Gasteiger partial charge in [0, 0.05) is 0 Å². The molecule has 1 heterocycles. The highest BCUT2D eigenvalue weighted by molar-refractivity contribution is 9.10. The zero-order chi connectivity index (χ0) is 12.5. The lowest BCUT2D eigenvalue weighted by Crippen LogP contribution is -2.16. The molecule has 0 aromatic carbocycles. The van der Waals surface area contributed by atoms with E-state index >= 15 is 0 Å². The smallest absolute Gasteiger partial charge is 0.237 e. The lowest BCUT2D eigenvalue weighted by molar-refractivity contribution is 0.142. The van der Waals surface area contributed by atoms with Crippen LogP contribution in [0.3, 0.4) is 0 Å². The molecule has 1 aromatic heterocycles. The molecule has 86 valence electrons. The van der Waals surface area contributed by atoms with Gasteiger partial charge in [-0.15, -0.1) is 0 Å². The van der Waals surface area contributed by atoms with Crippen molar-refractivity contribution in [1.29, 1.82) is 5.26 Å². The second-order valence-electron chi connectivity index (χ2n) is 2.67. The molecule has 0 bridgehead atoms. The SMILES string of the molecule is N#Cc1cc(S(N)(=O)=O)c(C(F)F)nc1Br. The van der Waals surface area contributed by atoms with Crippen LogP contribution >= 0.6 is 15.9 Å². The number of aromatic nitrogens is 1. The van der Waals surface area contributed by atoms with E-state index in [2.05, 4.69) is 20.9 Å². The van der Waals surface area contributed by atoms with Crippen molar-refractivity contribution in [3.05, 3.63) is 21.9 Å². The maximum Gasteiger partial charge on any atom is 0.281 e. The lowest BCUT2D eigenvalue weighted by Gasteiger charge is -2.07. The fourth-order valence-electron chi connectivity index (χ4n) is 0.948. The number of pyridine rings is 1. The summed E-state index contributed by atoms with van der Waals surface area (Å²) in [4.78, 5) is 2.45. The number of alkyl halides is 2. The Morgan fingerprint density at radius 3 is 2.50 bits per heavy atom. The highest BCUT2D eigenvalue weighted by atomic mass is 79.9. The first-order valence-corrected chi connectivity index (χ1v) is 6.02. The van der Waals surface area contributed by atoms with Crippen LogP contribution < -0.4 is 5.14 Å². The van der Waals surface area contributed by atoms with Crippen LogP contribution in [0.2, 0.25) is 0 Å². The van der Waals surface area contributed by atoms with E-state index < -0.39 is 27.0 Å². The number of rotatable bonds is 2. The molecule has 1 aromatic rings. The van der Waals surface area contributed by atoms with Crippen molar-refractivity contribution in [3.63, 3.8) is 0 Å². The molecule has 0 atom stereocenters. The summed E-state index contributed by atoms with van der Waals surface area (Å²) in [5.74, 6) is 0. The molecule has 9 heteroatoms. The van der Waals surface area contributed by atoms with Gasteiger partial charge in [-0.05, 0) is 22.0 Å². The molecular weight excluding hydrogens is 308 g/mol. The average Bonchev–Trinajstić information content (AvgIpc) is 2.15. The number of hydrogen-bond donors (Lipinski definition) is 1. The third-order valence-electron chi connectivity index (χ3n) is 1.60. The number of primary sulfonamides is 1. The molecular formula is C7H4BrF2N3O2S. The van der Waals surface area contributed by atoms with E-state index in [9.17, 15) is 17.2 Å². The van der Waals surface area contributed by atoms with Gasteiger partial charge >= 0.3 is 0 Å². The minimum absolute atomic E-state index is 0.155. The van der Waals surface area contributed by atoms with Gasteiger partial charge in [-0.2, -0.15) is 5.26 Å². The summed E-state index contributed by atoms with van der Waals surface area (Å²) in [7, 11) is -4.34. The predicted octanol–water partition coefficient (Wildman–Crippen LogP) is 1.30. The summed E-state index contributed by atoms with van der Waals surface area (Å²) in [6.45, 7) is 0. The zero-order valence-corrected chi connectivity index (χ0v) is 9.89. The molecule has 0 unspecified atom stereocenters. The molecule has 16 heavy (non-hydrogen) atoms. The van der Waals surface area contributed by atoms with Gasteiger partial charge in [0.15, 0.2) is 0 Å². The van der Waals surface area contributed by atoms with Gasteiger partial charge in [-0.1, -0.05) is 0 Å². The van der Waals surface area contributed by atoms with Crippen LogP contribution in [0.4, 0.5) is 8.78 Å². The van der Waals surface area contributed by atoms with Crippen LogP contribution in [0.25, 0.3) is 0 Å². The minimum Gasteiger partial charge on any atom is -0.237 e. The molecule has 2 N–H and O–H groups in total. The number of nitrogens with two attached hydrogens (primary N) is 1. The quantitative estimate of drug-likeness (QED) is 0.832. The fourth-order valence-corrected chi connectivity index (χ4v) is 2.05. The van der Waals surface area contributed by atoms with E-state index in [0.717, 1.165) is 6.07 Å². The Morgan fingerprint density at radius 2 is 2.12 bits per heavy atom. The van der Waals surface area contributed by atoms with Gasteiger partial charge in [0.25, 0.3) is 6.43 Å². The second kappa shape index (κ2) is 4.40. The Morgan fingerprint density at radius 1 is 1.56 bits per heavy atom. The van der Waals surface area contributed by atoms with Gasteiger partial charge in [0.05, 0.1) is 5.56 Å². The Hall–Kier alpha value is -1.11. The molecule has 0 saturated heterocycles. The van der Waals surface area contributed by atoms with E-state index in [4.69, 9.17) is 10.4 Å². The molecule has 0 radical (unpaired) electrons. The van der Waals surface area contributed by atoms with Crippen molar-refractivity contribution in [2.45, 2.75) is 11.3 Å². The fraction of sp³-hybridized carbons (Fsp3) is 0.143. The predicted molar refractivity (Wildman–Crippen MR) is 53.0 cm³/mol. The molecule has 0 spiro atoms. The Labute approximate surface area is 98.1 Å². The number of nitrogens with zero attached hydrogens (tertiary/aromatic N) is 2. The highest BCUT2D eigenvalue weighted by Gasteiger charge is 2.24. The van der Waals surface area contributed by atoms with Crippen molar-refractivity contribution in [3.8, 4) is 6.07 Å². The van der Waals surface area contributed by atoms with Crippen LogP contribution in [0.1, 0.15) is 17.7 Å². The largest absolute Gasteiger partial charge is 0.281 e. The number of hydrogen-bond acceptors (Lipinski definition) is 4. The van der Waals surface area contributed by atoms with Gasteiger partial charge in [0.1, 0.15) is 21.3 Å². The first-order chi connectivity index (χ1) is 7.27. The summed E-state index contributed by atoms with van der Waals surface area (Å²) in [5, 5.41) is 13.3. The van der Waals surface area contributed by atoms with Crippen molar-refractivity contribution >= 4 is 26.0 Å². The topological polar surface area (TPSA) is 96.8 Å². The first kappa shape index (κ1) is 13.0. The van der Waals surface area contributed by atoms with Crippen molar-refractivity contribution in [2.75, 3.05) is 0 Å². The number of halogens is 3. The monoisotopic (exact) mass is 311 g/mol. The second-order valence-corrected chi connectivity index (χ2v) is 4.95. The third-order valence-corrected chi connectivity index (χ3v) is 3.15. The van der Waals surface area contributed by atoms with Crippen molar-refractivity contribution in [2.24, 2.45) is 5.14 Å². The van der Waals surface area contributed by atoms with E-state index in [0.29, 0.717) is 0 Å². The van der Waals surface area contributed by atoms with E-state index in [1.807, 2.05) is 0 Å². The van der Waals surface area contributed by atoms with E-state index in [1.165, 1.54) is 0 Å². The number of nitriles is 1. The van der Waals surface area contributed by atoms with E-state index in [1.54, 1.807) is 6.07 Å². The highest BCUT2D eigenvalue weighted by Crippen LogP contribution is 2.27. The molecule has 5 nitrogen and oxygen atoms in total. The van der Waals surface area contributed by atoms with Gasteiger partial charge in [0.2, 0.25) is 10.0 Å². The van der Waals surface area contributed by atoms with Crippen molar-refractivity contribution in [1.82, 2.24) is 4.98 Å². The normalized spacial score (nSPS) is 11.5. The Balaban J connectivity index is 3.64. The molecule has 0 aliphatic carbocycles. The summed E-state index contributed by atoms with van der Waals surface area (Å²) in [6, 6.07) is 2.36. The third kappa shape index (κ3) is 2.52. The van der Waals surface area contributed by atoms with Crippen LogP contribution in [-0.4, -0.2) is 13.4 Å². The standard InChI is InChI=1S/C7H4BrF2N3O2S/c8-6-3(2-11)1-4(16(12,14)15)5(13-6)7(9)10/h1,7H,(H2,12,14,15). The summed E-state index contributed by atoms with van der Waals surface area (Å²) < 4.78 is 46.9. The molecule has 1 rings (SSSR count). The van der Waals surface area contributed by atoms with Crippen LogP contribution in [0.5, 0.6) is 0 Å². The summed E-state index contributed by atoms with van der Waals surface area (Å²) >= 11 is 2.77.